The molecule has 0 unspecified atom stereocenters. The lowest BCUT2D eigenvalue weighted by molar-refractivity contribution is -0.134. The Kier molecular flexibility index (Phi) is 5.39. The first-order chi connectivity index (χ1) is 9.49. The Morgan fingerprint density at radius 3 is 2.14 bits per heavy atom. The van der Waals surface area contributed by atoms with Gasteiger partial charge in [-0.2, -0.15) is 13.2 Å². The summed E-state index contributed by atoms with van der Waals surface area (Å²) in [6, 6.07) is 5.65. The summed E-state index contributed by atoms with van der Waals surface area (Å²) < 4.78 is 36.4. The fourth-order valence-corrected chi connectivity index (χ4v) is 1.65. The van der Waals surface area contributed by atoms with Crippen LogP contribution in [0.4, 0.5) is 18.9 Å². The summed E-state index contributed by atoms with van der Waals surface area (Å²) in [5.41, 5.74) is 6.56. The smallest absolute Gasteiger partial charge is 0.325 e. The van der Waals surface area contributed by atoms with E-state index in [-0.39, 0.29) is 17.7 Å². The molecule has 0 aliphatic rings. The van der Waals surface area contributed by atoms with Gasteiger partial charge in [0.15, 0.2) is 0 Å². The Labute approximate surface area is 122 Å². The molecule has 3 N–H and O–H groups in total. The van der Waals surface area contributed by atoms with Crippen molar-refractivity contribution >= 4 is 11.6 Å². The number of halogens is 3. The summed E-state index contributed by atoms with van der Waals surface area (Å²) in [6.07, 6.45) is -5.08. The van der Waals surface area contributed by atoms with Crippen LogP contribution < -0.4 is 11.1 Å². The highest BCUT2D eigenvalue weighted by Gasteiger charge is 2.28. The van der Waals surface area contributed by atoms with Gasteiger partial charge in [0.25, 0.3) is 0 Å². The fraction of sp³-hybridized carbons (Fsp3) is 0.533. The molecule has 1 aromatic carbocycles. The van der Waals surface area contributed by atoms with Crippen LogP contribution in [0.5, 0.6) is 0 Å². The van der Waals surface area contributed by atoms with Crippen molar-refractivity contribution in [2.24, 2.45) is 11.1 Å². The van der Waals surface area contributed by atoms with E-state index in [2.05, 4.69) is 5.32 Å². The highest BCUT2D eigenvalue weighted by molar-refractivity contribution is 5.95. The molecule has 0 spiro atoms. The van der Waals surface area contributed by atoms with Gasteiger partial charge in [-0.25, -0.2) is 0 Å². The van der Waals surface area contributed by atoms with Gasteiger partial charge in [-0.15, -0.1) is 0 Å². The monoisotopic (exact) mass is 302 g/mol. The van der Waals surface area contributed by atoms with Crippen LogP contribution in [0.1, 0.15) is 32.8 Å². The maximum atomic E-state index is 12.1. The number of hydrogen-bond acceptors (Lipinski definition) is 2. The minimum atomic E-state index is -4.16. The molecule has 1 amide bonds. The van der Waals surface area contributed by atoms with E-state index < -0.39 is 18.6 Å². The summed E-state index contributed by atoms with van der Waals surface area (Å²) in [4.78, 5) is 11.9. The maximum absolute atomic E-state index is 12.1. The maximum Gasteiger partial charge on any atom is 0.389 e. The van der Waals surface area contributed by atoms with Crippen LogP contribution in [0.15, 0.2) is 24.3 Å². The van der Waals surface area contributed by atoms with E-state index in [0.717, 1.165) is 0 Å². The molecule has 3 nitrogen and oxygen atoms in total. The van der Waals surface area contributed by atoms with Gasteiger partial charge in [-0.3, -0.25) is 4.79 Å². The Balaban J connectivity index is 2.61. The Morgan fingerprint density at radius 1 is 1.19 bits per heavy atom. The summed E-state index contributed by atoms with van der Waals surface area (Å²) in [6.45, 7) is 5.58. The molecule has 0 heterocycles. The number of benzene rings is 1. The minimum absolute atomic E-state index is 0.0702. The van der Waals surface area contributed by atoms with Crippen molar-refractivity contribution in [1.82, 2.24) is 0 Å². The third kappa shape index (κ3) is 6.16. The molecule has 118 valence electrons. The van der Waals surface area contributed by atoms with E-state index in [9.17, 15) is 18.0 Å². The van der Waals surface area contributed by atoms with Crippen molar-refractivity contribution in [3.63, 3.8) is 0 Å². The van der Waals surface area contributed by atoms with E-state index in [1.54, 1.807) is 24.3 Å². The van der Waals surface area contributed by atoms with Crippen molar-refractivity contribution < 1.29 is 18.0 Å². The molecule has 1 aromatic rings. The summed E-state index contributed by atoms with van der Waals surface area (Å²) in [5, 5.41) is 2.66. The lowest BCUT2D eigenvalue weighted by atomic mass is 9.87. The summed E-state index contributed by atoms with van der Waals surface area (Å²) in [7, 11) is 0. The van der Waals surface area contributed by atoms with Crippen molar-refractivity contribution in [2.75, 3.05) is 5.32 Å². The molecule has 0 aliphatic heterocycles. The molecule has 0 saturated heterocycles. The predicted octanol–water partition coefficient (Wildman–Crippen LogP) is 3.49. The lowest BCUT2D eigenvalue weighted by Gasteiger charge is -2.25. The van der Waals surface area contributed by atoms with Gasteiger partial charge >= 0.3 is 6.18 Å². The molecule has 1 atom stereocenters. The van der Waals surface area contributed by atoms with E-state index in [0.29, 0.717) is 11.3 Å². The number of amides is 1. The normalized spacial score (nSPS) is 13.9. The number of carbonyl (C=O) groups excluding carboxylic acids is 1. The molecule has 0 bridgehead atoms. The first kappa shape index (κ1) is 17.5. The first-order valence-electron chi connectivity index (χ1n) is 6.71. The van der Waals surface area contributed by atoms with E-state index in [1.807, 2.05) is 20.8 Å². The molecule has 6 heteroatoms. The second-order valence-corrected chi connectivity index (χ2v) is 6.15. The number of aryl methyl sites for hydroxylation is 1. The zero-order valence-corrected chi connectivity index (χ0v) is 12.4. The van der Waals surface area contributed by atoms with Crippen molar-refractivity contribution in [1.29, 1.82) is 0 Å². The number of anilines is 1. The molecule has 0 aliphatic carbocycles. The standard InChI is InChI=1S/C15H21F3N2O/c1-14(2,3)12(19)13(21)20-11-6-4-10(5-7-11)8-9-15(16,17)18/h4-7,12H,8-9,19H2,1-3H3,(H,20,21)/t12-/m1/s1. The quantitative estimate of drug-likeness (QED) is 0.894. The number of nitrogens with one attached hydrogen (secondary N) is 1. The molecule has 21 heavy (non-hydrogen) atoms. The van der Waals surface area contributed by atoms with Crippen molar-refractivity contribution in [3.05, 3.63) is 29.8 Å². The molecular formula is C15H21F3N2O. The van der Waals surface area contributed by atoms with Crippen LogP contribution in [-0.4, -0.2) is 18.1 Å². The summed E-state index contributed by atoms with van der Waals surface area (Å²) >= 11 is 0. The molecule has 1 rings (SSSR count). The molecule has 0 radical (unpaired) electrons. The Hall–Kier alpha value is -1.56. The van der Waals surface area contributed by atoms with E-state index in [1.165, 1.54) is 0 Å². The van der Waals surface area contributed by atoms with Crippen LogP contribution in [0.2, 0.25) is 0 Å². The van der Waals surface area contributed by atoms with Crippen molar-refractivity contribution in [2.45, 2.75) is 45.8 Å². The van der Waals surface area contributed by atoms with Gasteiger partial charge < -0.3 is 11.1 Å². The molecular weight excluding hydrogens is 281 g/mol. The number of hydrogen-bond donors (Lipinski definition) is 2. The average molecular weight is 302 g/mol. The SMILES string of the molecule is CC(C)(C)[C@H](N)C(=O)Nc1ccc(CCC(F)(F)F)cc1. The number of alkyl halides is 3. The highest BCUT2D eigenvalue weighted by atomic mass is 19.4. The van der Waals surface area contributed by atoms with Gasteiger partial charge in [0, 0.05) is 12.1 Å². The third-order valence-corrected chi connectivity index (χ3v) is 3.13. The van der Waals surface area contributed by atoms with Crippen LogP contribution in [0, 0.1) is 5.41 Å². The number of rotatable bonds is 4. The fourth-order valence-electron chi connectivity index (χ4n) is 1.65. The predicted molar refractivity (Wildman–Crippen MR) is 76.9 cm³/mol. The van der Waals surface area contributed by atoms with Gasteiger partial charge in [-0.1, -0.05) is 32.9 Å². The Morgan fingerprint density at radius 2 is 1.71 bits per heavy atom. The van der Waals surface area contributed by atoms with Gasteiger partial charge in [0.2, 0.25) is 5.91 Å². The van der Waals surface area contributed by atoms with Gasteiger partial charge in [-0.05, 0) is 29.5 Å². The zero-order chi connectivity index (χ0) is 16.3. The minimum Gasteiger partial charge on any atom is -0.325 e. The van der Waals surface area contributed by atoms with Crippen LogP contribution in [0.25, 0.3) is 0 Å². The second kappa shape index (κ2) is 6.47. The first-order valence-corrected chi connectivity index (χ1v) is 6.71. The molecule has 0 saturated carbocycles. The van der Waals surface area contributed by atoms with Crippen LogP contribution in [0.3, 0.4) is 0 Å². The molecule has 0 aromatic heterocycles. The van der Waals surface area contributed by atoms with Gasteiger partial charge in [0.05, 0.1) is 6.04 Å². The van der Waals surface area contributed by atoms with Gasteiger partial charge in [0.1, 0.15) is 0 Å². The van der Waals surface area contributed by atoms with Crippen molar-refractivity contribution in [3.8, 4) is 0 Å². The van der Waals surface area contributed by atoms with Crippen LogP contribution >= 0.6 is 0 Å². The van der Waals surface area contributed by atoms with E-state index >= 15 is 0 Å². The average Bonchev–Trinajstić information content (AvgIpc) is 2.35. The third-order valence-electron chi connectivity index (χ3n) is 3.13. The van der Waals surface area contributed by atoms with Crippen LogP contribution in [-0.2, 0) is 11.2 Å². The number of nitrogens with two attached hydrogens (primary N) is 1. The highest BCUT2D eigenvalue weighted by Crippen LogP contribution is 2.23. The van der Waals surface area contributed by atoms with E-state index in [4.69, 9.17) is 5.73 Å². The lowest BCUT2D eigenvalue weighted by Crippen LogP contribution is -2.45. The summed E-state index contributed by atoms with van der Waals surface area (Å²) in [5.74, 6) is -0.314. The largest absolute Gasteiger partial charge is 0.389 e. The zero-order valence-electron chi connectivity index (χ0n) is 12.4. The molecule has 0 fully saturated rings. The topological polar surface area (TPSA) is 55.1 Å². The number of carbonyl (C=O) groups is 1. The second-order valence-electron chi connectivity index (χ2n) is 6.15. The Bertz CT molecular complexity index is 475.